The van der Waals surface area contributed by atoms with Crippen LogP contribution in [0.25, 0.3) is 0 Å². The number of rotatable bonds is 5. The van der Waals surface area contributed by atoms with Crippen molar-refractivity contribution in [1.29, 1.82) is 0 Å². The first kappa shape index (κ1) is 18.5. The van der Waals surface area contributed by atoms with E-state index in [0.29, 0.717) is 11.4 Å². The Hall–Kier alpha value is -2.82. The zero-order chi connectivity index (χ0) is 18.4. The summed E-state index contributed by atoms with van der Waals surface area (Å²) in [6.45, 7) is 7.76. The molecule has 0 saturated carbocycles. The van der Waals surface area contributed by atoms with E-state index in [1.165, 1.54) is 12.5 Å². The quantitative estimate of drug-likeness (QED) is 0.866. The van der Waals surface area contributed by atoms with Gasteiger partial charge in [0.2, 0.25) is 5.91 Å². The minimum atomic E-state index is -0.242. The topological polar surface area (TPSA) is 67.4 Å². The van der Waals surface area contributed by atoms with Gasteiger partial charge >= 0.3 is 0 Å². The predicted octanol–water partition coefficient (Wildman–Crippen LogP) is 3.96. The molecule has 2 amide bonds. The van der Waals surface area contributed by atoms with Gasteiger partial charge in [-0.3, -0.25) is 9.59 Å². The van der Waals surface area contributed by atoms with Crippen molar-refractivity contribution in [3.8, 4) is 5.75 Å². The van der Waals surface area contributed by atoms with Crippen LogP contribution in [0.1, 0.15) is 33.3 Å². The largest absolute Gasteiger partial charge is 0.484 e. The number of hydrogen-bond donors (Lipinski definition) is 2. The fourth-order valence-corrected chi connectivity index (χ4v) is 2.27. The Morgan fingerprint density at radius 2 is 1.64 bits per heavy atom. The molecule has 0 aliphatic carbocycles. The fourth-order valence-electron chi connectivity index (χ4n) is 2.27. The van der Waals surface area contributed by atoms with E-state index in [4.69, 9.17) is 4.74 Å². The SMILES string of the molecule is CC(=O)Nc1cccc(OCC(=O)Nc2ccc(C(C)(C)C)cc2)c1. The molecule has 2 N–H and O–H groups in total. The molecule has 2 aromatic rings. The molecule has 25 heavy (non-hydrogen) atoms. The molecule has 0 heterocycles. The summed E-state index contributed by atoms with van der Waals surface area (Å²) in [7, 11) is 0. The average molecular weight is 340 g/mol. The summed E-state index contributed by atoms with van der Waals surface area (Å²) in [5.41, 5.74) is 2.64. The number of hydrogen-bond acceptors (Lipinski definition) is 3. The zero-order valence-electron chi connectivity index (χ0n) is 15.1. The predicted molar refractivity (Wildman–Crippen MR) is 100 cm³/mol. The van der Waals surface area contributed by atoms with Crippen LogP contribution in [0.15, 0.2) is 48.5 Å². The summed E-state index contributed by atoms with van der Waals surface area (Å²) in [6.07, 6.45) is 0. The Kier molecular flexibility index (Phi) is 5.80. The van der Waals surface area contributed by atoms with Gasteiger partial charge in [-0.25, -0.2) is 0 Å². The van der Waals surface area contributed by atoms with Gasteiger partial charge in [0.25, 0.3) is 5.91 Å². The third-order valence-electron chi connectivity index (χ3n) is 3.56. The number of carbonyl (C=O) groups is 2. The number of benzene rings is 2. The van der Waals surface area contributed by atoms with Crippen LogP contribution in [0.2, 0.25) is 0 Å². The molecule has 0 spiro atoms. The van der Waals surface area contributed by atoms with E-state index in [9.17, 15) is 9.59 Å². The maximum atomic E-state index is 12.0. The molecule has 0 saturated heterocycles. The van der Waals surface area contributed by atoms with Gasteiger partial charge in [0.05, 0.1) is 0 Å². The first-order chi connectivity index (χ1) is 11.7. The van der Waals surface area contributed by atoms with Crippen molar-refractivity contribution < 1.29 is 14.3 Å². The van der Waals surface area contributed by atoms with Crippen LogP contribution in [-0.2, 0) is 15.0 Å². The molecule has 0 fully saturated rings. The van der Waals surface area contributed by atoms with Crippen molar-refractivity contribution in [2.24, 2.45) is 0 Å². The van der Waals surface area contributed by atoms with Gasteiger partial charge in [-0.1, -0.05) is 39.0 Å². The van der Waals surface area contributed by atoms with Gasteiger partial charge in [-0.05, 0) is 35.2 Å². The molecule has 2 aromatic carbocycles. The molecule has 132 valence electrons. The van der Waals surface area contributed by atoms with Crippen molar-refractivity contribution in [3.05, 3.63) is 54.1 Å². The number of anilines is 2. The maximum absolute atomic E-state index is 12.0. The van der Waals surface area contributed by atoms with E-state index in [1.807, 2.05) is 24.3 Å². The lowest BCUT2D eigenvalue weighted by Crippen LogP contribution is -2.20. The van der Waals surface area contributed by atoms with E-state index in [0.717, 1.165) is 5.69 Å². The molecule has 0 aromatic heterocycles. The smallest absolute Gasteiger partial charge is 0.262 e. The van der Waals surface area contributed by atoms with Gasteiger partial charge in [0.1, 0.15) is 5.75 Å². The number of ether oxygens (including phenoxy) is 1. The summed E-state index contributed by atoms with van der Waals surface area (Å²) in [5, 5.41) is 5.47. The first-order valence-corrected chi connectivity index (χ1v) is 8.15. The molecule has 0 bridgehead atoms. The fraction of sp³-hybridized carbons (Fsp3) is 0.300. The second-order valence-electron chi connectivity index (χ2n) is 6.87. The van der Waals surface area contributed by atoms with Gasteiger partial charge < -0.3 is 15.4 Å². The van der Waals surface area contributed by atoms with E-state index >= 15 is 0 Å². The molecular formula is C20H24N2O3. The van der Waals surface area contributed by atoms with Crippen LogP contribution in [0, 0.1) is 0 Å². The Morgan fingerprint density at radius 1 is 0.960 bits per heavy atom. The summed E-state index contributed by atoms with van der Waals surface area (Å²) < 4.78 is 5.48. The Morgan fingerprint density at radius 3 is 2.24 bits per heavy atom. The lowest BCUT2D eigenvalue weighted by Gasteiger charge is -2.19. The number of amides is 2. The summed E-state index contributed by atoms with van der Waals surface area (Å²) in [5.74, 6) is 0.117. The average Bonchev–Trinajstić information content (AvgIpc) is 2.52. The molecule has 0 radical (unpaired) electrons. The van der Waals surface area contributed by atoms with Crippen molar-refractivity contribution >= 4 is 23.2 Å². The lowest BCUT2D eigenvalue weighted by molar-refractivity contribution is -0.118. The maximum Gasteiger partial charge on any atom is 0.262 e. The minimum absolute atomic E-state index is 0.0740. The van der Waals surface area contributed by atoms with E-state index in [-0.39, 0.29) is 23.8 Å². The van der Waals surface area contributed by atoms with Gasteiger partial charge in [0, 0.05) is 24.4 Å². The van der Waals surface area contributed by atoms with Crippen molar-refractivity contribution in [2.75, 3.05) is 17.2 Å². The monoisotopic (exact) mass is 340 g/mol. The Labute approximate surface area is 148 Å². The first-order valence-electron chi connectivity index (χ1n) is 8.15. The van der Waals surface area contributed by atoms with Crippen LogP contribution < -0.4 is 15.4 Å². The highest BCUT2D eigenvalue weighted by Crippen LogP contribution is 2.23. The lowest BCUT2D eigenvalue weighted by atomic mass is 9.87. The molecule has 0 atom stereocenters. The van der Waals surface area contributed by atoms with Crippen LogP contribution in [0.3, 0.4) is 0 Å². The van der Waals surface area contributed by atoms with Gasteiger partial charge in [-0.2, -0.15) is 0 Å². The summed E-state index contributed by atoms with van der Waals surface area (Å²) >= 11 is 0. The van der Waals surface area contributed by atoms with E-state index in [1.54, 1.807) is 24.3 Å². The normalized spacial score (nSPS) is 10.9. The van der Waals surface area contributed by atoms with E-state index < -0.39 is 0 Å². The summed E-state index contributed by atoms with van der Waals surface area (Å²) in [4.78, 5) is 23.1. The van der Waals surface area contributed by atoms with E-state index in [2.05, 4.69) is 31.4 Å². The van der Waals surface area contributed by atoms with Crippen molar-refractivity contribution in [1.82, 2.24) is 0 Å². The van der Waals surface area contributed by atoms with Crippen molar-refractivity contribution in [2.45, 2.75) is 33.1 Å². The van der Waals surface area contributed by atoms with Crippen LogP contribution >= 0.6 is 0 Å². The second kappa shape index (κ2) is 7.83. The highest BCUT2D eigenvalue weighted by atomic mass is 16.5. The number of nitrogens with one attached hydrogen (secondary N) is 2. The van der Waals surface area contributed by atoms with Crippen LogP contribution in [0.4, 0.5) is 11.4 Å². The molecule has 2 rings (SSSR count). The highest BCUT2D eigenvalue weighted by Gasteiger charge is 2.13. The zero-order valence-corrected chi connectivity index (χ0v) is 15.1. The molecule has 5 nitrogen and oxygen atoms in total. The molecular weight excluding hydrogens is 316 g/mol. The summed E-state index contributed by atoms with van der Waals surface area (Å²) in [6, 6.07) is 14.7. The van der Waals surface area contributed by atoms with Gasteiger partial charge in [0.15, 0.2) is 6.61 Å². The van der Waals surface area contributed by atoms with Gasteiger partial charge in [-0.15, -0.1) is 0 Å². The molecule has 0 aliphatic heterocycles. The Balaban J connectivity index is 1.89. The molecule has 0 aliphatic rings. The standard InChI is InChI=1S/C20H24N2O3/c1-14(23)21-17-6-5-7-18(12-17)25-13-19(24)22-16-10-8-15(9-11-16)20(2,3)4/h5-12H,13H2,1-4H3,(H,21,23)(H,22,24). The van der Waals surface area contributed by atoms with Crippen LogP contribution in [-0.4, -0.2) is 18.4 Å². The van der Waals surface area contributed by atoms with Crippen molar-refractivity contribution in [3.63, 3.8) is 0 Å². The van der Waals surface area contributed by atoms with Crippen LogP contribution in [0.5, 0.6) is 5.75 Å². The minimum Gasteiger partial charge on any atom is -0.484 e. The second-order valence-corrected chi connectivity index (χ2v) is 6.87. The third kappa shape index (κ3) is 5.95. The molecule has 5 heteroatoms. The number of carbonyl (C=O) groups excluding carboxylic acids is 2. The molecule has 0 unspecified atom stereocenters. The highest BCUT2D eigenvalue weighted by molar-refractivity contribution is 5.92. The third-order valence-corrected chi connectivity index (χ3v) is 3.56. The Bertz CT molecular complexity index is 746.